The highest BCUT2D eigenvalue weighted by Gasteiger charge is 2.46. The Kier molecular flexibility index (Phi) is 6.83. The Bertz CT molecular complexity index is 854. The van der Waals surface area contributed by atoms with E-state index in [1.54, 1.807) is 14.0 Å². The number of carbonyl (C=O) groups excluding carboxylic acids is 3. The van der Waals surface area contributed by atoms with Gasteiger partial charge in [-0.05, 0) is 45.7 Å². The smallest absolute Gasteiger partial charge is 0.272 e. The van der Waals surface area contributed by atoms with E-state index in [-0.39, 0.29) is 36.0 Å². The SMILES string of the molecule is CN1C(=O)c2cc(C(=O)NCCN3CCCCCC3)nn2C[C@@]1(C)C(=O)NC1CCCC1. The van der Waals surface area contributed by atoms with Gasteiger partial charge in [0.2, 0.25) is 5.91 Å². The molecule has 3 amide bonds. The molecule has 2 aliphatic heterocycles. The number of hydrogen-bond acceptors (Lipinski definition) is 5. The summed E-state index contributed by atoms with van der Waals surface area (Å²) >= 11 is 0. The summed E-state index contributed by atoms with van der Waals surface area (Å²) < 4.78 is 1.51. The van der Waals surface area contributed by atoms with Crippen LogP contribution in [-0.4, -0.2) is 82.1 Å². The first-order valence-electron chi connectivity index (χ1n) is 12.1. The maximum atomic E-state index is 13.1. The van der Waals surface area contributed by atoms with E-state index in [4.69, 9.17) is 0 Å². The van der Waals surface area contributed by atoms with Crippen molar-refractivity contribution in [2.75, 3.05) is 33.2 Å². The molecule has 2 fully saturated rings. The number of fused-ring (bicyclic) bond motifs is 1. The van der Waals surface area contributed by atoms with Crippen LogP contribution in [0.1, 0.15) is 79.3 Å². The second-order valence-corrected chi connectivity index (χ2v) is 9.68. The van der Waals surface area contributed by atoms with Gasteiger partial charge < -0.3 is 20.4 Å². The van der Waals surface area contributed by atoms with Gasteiger partial charge in [0.1, 0.15) is 11.2 Å². The minimum absolute atomic E-state index is 0.162. The Hall–Kier alpha value is -2.42. The van der Waals surface area contributed by atoms with Crippen LogP contribution in [0.5, 0.6) is 0 Å². The predicted molar refractivity (Wildman–Crippen MR) is 120 cm³/mol. The van der Waals surface area contributed by atoms with Crippen LogP contribution in [0.4, 0.5) is 0 Å². The Morgan fingerprint density at radius 1 is 1.12 bits per heavy atom. The third kappa shape index (κ3) is 4.67. The van der Waals surface area contributed by atoms with E-state index < -0.39 is 5.54 Å². The molecule has 0 aromatic carbocycles. The lowest BCUT2D eigenvalue weighted by Crippen LogP contribution is -2.63. The van der Waals surface area contributed by atoms with Crippen molar-refractivity contribution in [1.29, 1.82) is 0 Å². The van der Waals surface area contributed by atoms with Gasteiger partial charge in [-0.15, -0.1) is 0 Å². The van der Waals surface area contributed by atoms with E-state index in [1.807, 2.05) is 0 Å². The zero-order valence-electron chi connectivity index (χ0n) is 19.4. The van der Waals surface area contributed by atoms with Gasteiger partial charge in [0, 0.05) is 32.2 Å². The molecule has 0 unspecified atom stereocenters. The normalized spacial score (nSPS) is 24.8. The average molecular weight is 445 g/mol. The third-order valence-corrected chi connectivity index (χ3v) is 7.33. The van der Waals surface area contributed by atoms with Crippen molar-refractivity contribution in [2.24, 2.45) is 0 Å². The van der Waals surface area contributed by atoms with Gasteiger partial charge in [0.25, 0.3) is 11.8 Å². The number of hydrogen-bond donors (Lipinski definition) is 2. The first-order valence-corrected chi connectivity index (χ1v) is 12.1. The van der Waals surface area contributed by atoms with Gasteiger partial charge in [-0.1, -0.05) is 25.7 Å². The Morgan fingerprint density at radius 2 is 1.81 bits per heavy atom. The molecular weight excluding hydrogens is 408 g/mol. The molecule has 1 aromatic rings. The summed E-state index contributed by atoms with van der Waals surface area (Å²) in [4.78, 5) is 42.6. The summed E-state index contributed by atoms with van der Waals surface area (Å²) in [6, 6.07) is 1.71. The van der Waals surface area contributed by atoms with Crippen LogP contribution in [0.15, 0.2) is 6.07 Å². The summed E-state index contributed by atoms with van der Waals surface area (Å²) in [5.41, 5.74) is -0.478. The lowest BCUT2D eigenvalue weighted by molar-refractivity contribution is -0.133. The van der Waals surface area contributed by atoms with Crippen LogP contribution in [0.2, 0.25) is 0 Å². The van der Waals surface area contributed by atoms with Crippen molar-refractivity contribution >= 4 is 17.7 Å². The molecule has 9 heteroatoms. The number of likely N-dealkylation sites (N-methyl/N-ethyl adjacent to an activating group) is 1. The number of carbonyl (C=O) groups is 3. The van der Waals surface area contributed by atoms with Gasteiger partial charge in [0.15, 0.2) is 5.69 Å². The van der Waals surface area contributed by atoms with Gasteiger partial charge in [-0.2, -0.15) is 5.10 Å². The molecule has 1 aliphatic carbocycles. The highest BCUT2D eigenvalue weighted by Crippen LogP contribution is 2.27. The molecule has 2 N–H and O–H groups in total. The zero-order chi connectivity index (χ0) is 22.7. The maximum absolute atomic E-state index is 13.1. The molecule has 0 spiro atoms. The summed E-state index contributed by atoms with van der Waals surface area (Å²) in [5, 5.41) is 10.4. The molecule has 32 heavy (non-hydrogen) atoms. The van der Waals surface area contributed by atoms with E-state index in [1.165, 1.54) is 41.3 Å². The number of rotatable bonds is 6. The summed E-state index contributed by atoms with van der Waals surface area (Å²) in [7, 11) is 1.65. The van der Waals surface area contributed by atoms with Crippen molar-refractivity contribution in [3.05, 3.63) is 17.5 Å². The topological polar surface area (TPSA) is 99.6 Å². The molecule has 0 bridgehead atoms. The van der Waals surface area contributed by atoms with E-state index in [9.17, 15) is 14.4 Å². The number of likely N-dealkylation sites (tertiary alicyclic amines) is 1. The molecule has 0 radical (unpaired) electrons. The quantitative estimate of drug-likeness (QED) is 0.691. The molecule has 1 atom stereocenters. The van der Waals surface area contributed by atoms with Crippen LogP contribution in [0.3, 0.4) is 0 Å². The number of amides is 3. The lowest BCUT2D eigenvalue weighted by Gasteiger charge is -2.41. The fourth-order valence-electron chi connectivity index (χ4n) is 5.03. The fourth-order valence-corrected chi connectivity index (χ4v) is 5.03. The van der Waals surface area contributed by atoms with E-state index >= 15 is 0 Å². The Balaban J connectivity index is 1.39. The predicted octanol–water partition coefficient (Wildman–Crippen LogP) is 1.39. The van der Waals surface area contributed by atoms with Crippen LogP contribution < -0.4 is 10.6 Å². The molecule has 1 saturated heterocycles. The highest BCUT2D eigenvalue weighted by atomic mass is 16.2. The molecule has 1 saturated carbocycles. The summed E-state index contributed by atoms with van der Waals surface area (Å²) in [6.07, 6.45) is 9.19. The first-order chi connectivity index (χ1) is 15.4. The Morgan fingerprint density at radius 3 is 2.50 bits per heavy atom. The van der Waals surface area contributed by atoms with Gasteiger partial charge in [0.05, 0.1) is 6.54 Å². The van der Waals surface area contributed by atoms with Crippen LogP contribution >= 0.6 is 0 Å². The average Bonchev–Trinajstić information content (AvgIpc) is 3.36. The largest absolute Gasteiger partial charge is 0.351 e. The van der Waals surface area contributed by atoms with Crippen molar-refractivity contribution in [2.45, 2.75) is 76.4 Å². The van der Waals surface area contributed by atoms with Crippen LogP contribution in [0, 0.1) is 0 Å². The van der Waals surface area contributed by atoms with E-state index in [0.717, 1.165) is 45.3 Å². The van der Waals surface area contributed by atoms with Crippen molar-refractivity contribution < 1.29 is 14.4 Å². The van der Waals surface area contributed by atoms with Crippen molar-refractivity contribution in [1.82, 2.24) is 30.2 Å². The second kappa shape index (κ2) is 9.60. The lowest BCUT2D eigenvalue weighted by atomic mass is 9.95. The van der Waals surface area contributed by atoms with Crippen molar-refractivity contribution in [3.8, 4) is 0 Å². The summed E-state index contributed by atoms with van der Waals surface area (Å²) in [6.45, 7) is 5.52. The zero-order valence-corrected chi connectivity index (χ0v) is 19.4. The standard InChI is InChI=1S/C23H36N6O3/c1-23(22(32)25-17-9-5-6-10-17)16-29-19(21(31)27(23)2)15-18(26-29)20(30)24-11-14-28-12-7-3-4-8-13-28/h15,17H,3-14,16H2,1-2H3,(H,24,30)(H,25,32)/t23-/m0/s1. The number of nitrogens with one attached hydrogen (secondary N) is 2. The maximum Gasteiger partial charge on any atom is 0.272 e. The van der Waals surface area contributed by atoms with Crippen LogP contribution in [-0.2, 0) is 11.3 Å². The molecule has 176 valence electrons. The fraction of sp³-hybridized carbons (Fsp3) is 0.739. The molecule has 3 aliphatic rings. The molecular formula is C23H36N6O3. The first kappa shape index (κ1) is 22.8. The van der Waals surface area contributed by atoms with Gasteiger partial charge in [-0.25, -0.2) is 0 Å². The minimum atomic E-state index is -1.04. The monoisotopic (exact) mass is 444 g/mol. The van der Waals surface area contributed by atoms with Gasteiger partial charge >= 0.3 is 0 Å². The minimum Gasteiger partial charge on any atom is -0.351 e. The summed E-state index contributed by atoms with van der Waals surface area (Å²) in [5.74, 6) is -0.740. The highest BCUT2D eigenvalue weighted by molar-refractivity contribution is 6.01. The number of aromatic nitrogens is 2. The van der Waals surface area contributed by atoms with Crippen molar-refractivity contribution in [3.63, 3.8) is 0 Å². The van der Waals surface area contributed by atoms with Crippen LogP contribution in [0.25, 0.3) is 0 Å². The van der Waals surface area contributed by atoms with E-state index in [0.29, 0.717) is 12.2 Å². The molecule has 1 aromatic heterocycles. The third-order valence-electron chi connectivity index (χ3n) is 7.33. The Labute approximate surface area is 189 Å². The molecule has 3 heterocycles. The number of nitrogens with zero attached hydrogens (tertiary/aromatic N) is 4. The van der Waals surface area contributed by atoms with Gasteiger partial charge in [-0.3, -0.25) is 19.1 Å². The second-order valence-electron chi connectivity index (χ2n) is 9.68. The molecule has 4 rings (SSSR count). The molecule has 9 nitrogen and oxygen atoms in total. The van der Waals surface area contributed by atoms with E-state index in [2.05, 4.69) is 20.6 Å².